The van der Waals surface area contributed by atoms with E-state index in [0.29, 0.717) is 17.8 Å². The lowest BCUT2D eigenvalue weighted by Gasteiger charge is -2.21. The largest absolute Gasteiger partial charge is 0.387 e. The van der Waals surface area contributed by atoms with E-state index in [4.69, 9.17) is 4.84 Å². The predicted octanol–water partition coefficient (Wildman–Crippen LogP) is 2.75. The molecular weight excluding hydrogens is 328 g/mol. The molecule has 2 aliphatic heterocycles. The van der Waals surface area contributed by atoms with E-state index in [1.807, 2.05) is 0 Å². The molecule has 0 bridgehead atoms. The quantitative estimate of drug-likeness (QED) is 0.921. The van der Waals surface area contributed by atoms with Crippen LogP contribution in [-0.4, -0.2) is 40.2 Å². The van der Waals surface area contributed by atoms with E-state index in [9.17, 15) is 4.79 Å². The molecule has 0 aliphatic carbocycles. The highest BCUT2D eigenvalue weighted by molar-refractivity contribution is 6.43. The van der Waals surface area contributed by atoms with E-state index in [2.05, 4.69) is 51.5 Å². The second-order valence-electron chi connectivity index (χ2n) is 7.13. The van der Waals surface area contributed by atoms with Crippen LogP contribution >= 0.6 is 0 Å². The van der Waals surface area contributed by atoms with Crippen molar-refractivity contribution in [2.75, 3.05) is 18.4 Å². The number of hydrogen-bond acceptors (Lipinski definition) is 5. The molecule has 134 valence electrons. The van der Waals surface area contributed by atoms with Crippen LogP contribution in [0.5, 0.6) is 0 Å². The van der Waals surface area contributed by atoms with Crippen molar-refractivity contribution in [3.8, 4) is 0 Å². The van der Waals surface area contributed by atoms with Gasteiger partial charge in [0.15, 0.2) is 5.60 Å². The summed E-state index contributed by atoms with van der Waals surface area (Å²) in [6.45, 7) is 4.73. The standard InChI is InChI=1S/C20H22N4O2/c1-15-4-2-5-16(10-15)13-24-9-7-20(14-24)11-18(23-26-20)19(25)22-17-6-3-8-21-12-17/h2-6,8,10,12H,7,9,11,13-14H2,1H3,(H,22,25)/t20-/m0/s1. The van der Waals surface area contributed by atoms with Gasteiger partial charge in [-0.1, -0.05) is 35.0 Å². The summed E-state index contributed by atoms with van der Waals surface area (Å²) in [5.41, 5.74) is 3.31. The highest BCUT2D eigenvalue weighted by atomic mass is 16.7. The number of carbonyl (C=O) groups is 1. The number of anilines is 1. The van der Waals surface area contributed by atoms with Gasteiger partial charge in [0.1, 0.15) is 5.71 Å². The van der Waals surface area contributed by atoms with Gasteiger partial charge in [-0.2, -0.15) is 0 Å². The van der Waals surface area contributed by atoms with Crippen molar-refractivity contribution in [3.63, 3.8) is 0 Å². The van der Waals surface area contributed by atoms with Crippen molar-refractivity contribution in [3.05, 3.63) is 59.9 Å². The lowest BCUT2D eigenvalue weighted by atomic mass is 9.96. The number of amides is 1. The van der Waals surface area contributed by atoms with Gasteiger partial charge in [-0.25, -0.2) is 0 Å². The minimum atomic E-state index is -0.370. The van der Waals surface area contributed by atoms with Gasteiger partial charge < -0.3 is 10.2 Å². The molecule has 1 saturated heterocycles. The first-order valence-corrected chi connectivity index (χ1v) is 8.86. The van der Waals surface area contributed by atoms with Crippen molar-refractivity contribution < 1.29 is 9.63 Å². The summed E-state index contributed by atoms with van der Waals surface area (Å²) in [5.74, 6) is -0.216. The summed E-state index contributed by atoms with van der Waals surface area (Å²) in [5, 5.41) is 6.90. The van der Waals surface area contributed by atoms with Crippen molar-refractivity contribution in [1.29, 1.82) is 0 Å². The number of oxime groups is 1. The van der Waals surface area contributed by atoms with Crippen molar-refractivity contribution in [1.82, 2.24) is 9.88 Å². The van der Waals surface area contributed by atoms with Crippen LogP contribution in [-0.2, 0) is 16.2 Å². The number of rotatable bonds is 4. The molecule has 3 heterocycles. The molecule has 1 spiro atoms. The Morgan fingerprint density at radius 1 is 1.35 bits per heavy atom. The van der Waals surface area contributed by atoms with Crippen LogP contribution in [0.3, 0.4) is 0 Å². The highest BCUT2D eigenvalue weighted by Gasteiger charge is 2.46. The van der Waals surface area contributed by atoms with Crippen molar-refractivity contribution in [2.45, 2.75) is 31.9 Å². The molecule has 26 heavy (non-hydrogen) atoms. The van der Waals surface area contributed by atoms with Gasteiger partial charge in [0, 0.05) is 38.7 Å². The minimum absolute atomic E-state index is 0.216. The summed E-state index contributed by atoms with van der Waals surface area (Å²) in [7, 11) is 0. The lowest BCUT2D eigenvalue weighted by molar-refractivity contribution is -0.110. The molecule has 1 N–H and O–H groups in total. The maximum Gasteiger partial charge on any atom is 0.273 e. The van der Waals surface area contributed by atoms with Crippen LogP contribution < -0.4 is 5.32 Å². The first kappa shape index (κ1) is 16.7. The van der Waals surface area contributed by atoms with Crippen molar-refractivity contribution >= 4 is 17.3 Å². The zero-order chi connectivity index (χ0) is 18.0. The molecular formula is C20H22N4O2. The molecule has 1 aromatic heterocycles. The Hall–Kier alpha value is -2.73. The van der Waals surface area contributed by atoms with Gasteiger partial charge in [-0.15, -0.1) is 0 Å². The number of nitrogens with one attached hydrogen (secondary N) is 1. The van der Waals surface area contributed by atoms with Crippen LogP contribution in [0.2, 0.25) is 0 Å². The number of pyridine rings is 1. The number of aryl methyl sites for hydroxylation is 1. The first-order chi connectivity index (χ1) is 12.6. The molecule has 1 aromatic carbocycles. The van der Waals surface area contributed by atoms with E-state index in [-0.39, 0.29) is 11.5 Å². The molecule has 6 nitrogen and oxygen atoms in total. The third kappa shape index (κ3) is 3.60. The number of hydrogen-bond donors (Lipinski definition) is 1. The van der Waals surface area contributed by atoms with Gasteiger partial charge in [0.25, 0.3) is 5.91 Å². The summed E-state index contributed by atoms with van der Waals surface area (Å²) >= 11 is 0. The monoisotopic (exact) mass is 350 g/mol. The smallest absolute Gasteiger partial charge is 0.273 e. The maximum atomic E-state index is 12.4. The van der Waals surface area contributed by atoms with Crippen LogP contribution in [0.4, 0.5) is 5.69 Å². The zero-order valence-electron chi connectivity index (χ0n) is 14.8. The maximum absolute atomic E-state index is 12.4. The molecule has 1 atom stereocenters. The van der Waals surface area contributed by atoms with Crippen molar-refractivity contribution in [2.24, 2.45) is 5.16 Å². The van der Waals surface area contributed by atoms with Gasteiger partial charge in [0.05, 0.1) is 11.9 Å². The SMILES string of the molecule is Cc1cccc(CN2CC[C@]3(CC(C(=O)Nc4cccnc4)=NO3)C2)c1. The van der Waals surface area contributed by atoms with Gasteiger partial charge in [-0.3, -0.25) is 14.7 Å². The summed E-state index contributed by atoms with van der Waals surface area (Å²) in [6.07, 6.45) is 4.71. The number of benzene rings is 1. The number of carbonyl (C=O) groups excluding carboxylic acids is 1. The Labute approximate surface area is 152 Å². The molecule has 4 rings (SSSR count). The summed E-state index contributed by atoms with van der Waals surface area (Å²) in [6, 6.07) is 12.1. The third-order valence-corrected chi connectivity index (χ3v) is 4.90. The number of likely N-dealkylation sites (tertiary alicyclic amines) is 1. The lowest BCUT2D eigenvalue weighted by Crippen LogP contribution is -2.35. The summed E-state index contributed by atoms with van der Waals surface area (Å²) in [4.78, 5) is 24.5. The van der Waals surface area contributed by atoms with Crippen LogP contribution in [0.15, 0.2) is 53.9 Å². The Bertz CT molecular complexity index is 837. The van der Waals surface area contributed by atoms with Gasteiger partial charge >= 0.3 is 0 Å². The number of aromatic nitrogens is 1. The fraction of sp³-hybridized carbons (Fsp3) is 0.350. The van der Waals surface area contributed by atoms with Gasteiger partial charge in [0.2, 0.25) is 0 Å². The average Bonchev–Trinajstić information content (AvgIpc) is 3.23. The second kappa shape index (κ2) is 6.88. The first-order valence-electron chi connectivity index (χ1n) is 8.86. The van der Waals surface area contributed by atoms with E-state index < -0.39 is 0 Å². The predicted molar refractivity (Wildman–Crippen MR) is 99.8 cm³/mol. The molecule has 6 heteroatoms. The second-order valence-corrected chi connectivity index (χ2v) is 7.13. The number of nitrogens with zero attached hydrogens (tertiary/aromatic N) is 3. The molecule has 2 aromatic rings. The highest BCUT2D eigenvalue weighted by Crippen LogP contribution is 2.34. The van der Waals surface area contributed by atoms with E-state index >= 15 is 0 Å². The zero-order valence-corrected chi connectivity index (χ0v) is 14.8. The third-order valence-electron chi connectivity index (χ3n) is 4.90. The molecule has 1 amide bonds. The molecule has 1 fully saturated rings. The van der Waals surface area contributed by atoms with E-state index in [0.717, 1.165) is 26.1 Å². The molecule has 0 saturated carbocycles. The Morgan fingerprint density at radius 3 is 3.08 bits per heavy atom. The topological polar surface area (TPSA) is 66.8 Å². The van der Waals surface area contributed by atoms with Crippen LogP contribution in [0, 0.1) is 6.92 Å². The van der Waals surface area contributed by atoms with Crippen LogP contribution in [0.25, 0.3) is 0 Å². The molecule has 0 unspecified atom stereocenters. The van der Waals surface area contributed by atoms with Gasteiger partial charge in [-0.05, 0) is 24.6 Å². The Kier molecular flexibility index (Phi) is 4.42. The Balaban J connectivity index is 1.35. The molecule has 2 aliphatic rings. The Morgan fingerprint density at radius 2 is 2.27 bits per heavy atom. The van der Waals surface area contributed by atoms with Crippen LogP contribution in [0.1, 0.15) is 24.0 Å². The fourth-order valence-corrected chi connectivity index (χ4v) is 3.63. The minimum Gasteiger partial charge on any atom is -0.387 e. The summed E-state index contributed by atoms with van der Waals surface area (Å²) < 4.78 is 0. The fourth-order valence-electron chi connectivity index (χ4n) is 3.63. The normalized spacial score (nSPS) is 22.3. The van der Waals surface area contributed by atoms with E-state index in [1.54, 1.807) is 24.5 Å². The van der Waals surface area contributed by atoms with E-state index in [1.165, 1.54) is 11.1 Å². The average molecular weight is 350 g/mol. The molecule has 0 radical (unpaired) electrons.